The van der Waals surface area contributed by atoms with E-state index in [9.17, 15) is 0 Å². The van der Waals surface area contributed by atoms with E-state index in [2.05, 4.69) is 0 Å². The number of ether oxygens (including phenoxy) is 1. The summed E-state index contributed by atoms with van der Waals surface area (Å²) in [6.45, 7) is 0. The highest BCUT2D eigenvalue weighted by Gasteiger charge is 2.24. The zero-order valence-corrected chi connectivity index (χ0v) is 8.34. The van der Waals surface area contributed by atoms with Crippen LogP contribution in [0.25, 0.3) is 0 Å². The van der Waals surface area contributed by atoms with Crippen molar-refractivity contribution in [3.63, 3.8) is 0 Å². The summed E-state index contributed by atoms with van der Waals surface area (Å²) < 4.78 is 10.5. The van der Waals surface area contributed by atoms with Gasteiger partial charge in [-0.05, 0) is 12.8 Å². The summed E-state index contributed by atoms with van der Waals surface area (Å²) in [5, 5.41) is 0. The number of rotatable bonds is 2. The summed E-state index contributed by atoms with van der Waals surface area (Å²) in [5.41, 5.74) is 0. The van der Waals surface area contributed by atoms with E-state index in [-0.39, 0.29) is 0 Å². The molecule has 0 amide bonds. The maximum Gasteiger partial charge on any atom is 0.110 e. The molecule has 1 aliphatic carbocycles. The van der Waals surface area contributed by atoms with E-state index in [4.69, 9.17) is 7.80 Å². The number of methoxy groups -OCH3 is 1. The van der Waals surface area contributed by atoms with Gasteiger partial charge < -0.3 is 7.80 Å². The van der Waals surface area contributed by atoms with Crippen LogP contribution in [0.1, 0.15) is 25.7 Å². The molecule has 2 nitrogen and oxygen atoms in total. The van der Waals surface area contributed by atoms with Crippen LogP contribution in [-0.4, -0.2) is 19.3 Å². The maximum absolute atomic E-state index is 5.26. The van der Waals surface area contributed by atoms with Crippen LogP contribution in [0, 0.1) is 0 Å². The molecule has 0 aromatic rings. The van der Waals surface area contributed by atoms with E-state index in [1.807, 2.05) is 23.0 Å². The van der Waals surface area contributed by atoms with Crippen molar-refractivity contribution in [3.8, 4) is 0 Å². The van der Waals surface area contributed by atoms with Crippen molar-refractivity contribution >= 4 is 23.0 Å². The quantitative estimate of drug-likeness (QED) is 0.706. The highest BCUT2D eigenvalue weighted by Crippen LogP contribution is 2.24. The number of hydrogen-bond acceptors (Lipinski definition) is 2. The predicted octanol–water partition coefficient (Wildman–Crippen LogP) is 2.31. The van der Waals surface area contributed by atoms with Gasteiger partial charge in [0.05, 0.1) is 12.2 Å². The van der Waals surface area contributed by atoms with E-state index >= 15 is 0 Å². The lowest BCUT2D eigenvalue weighted by Crippen LogP contribution is -2.31. The van der Waals surface area contributed by atoms with Crippen LogP contribution >= 0.6 is 23.0 Å². The third-order valence-corrected chi connectivity index (χ3v) is 2.71. The first-order chi connectivity index (χ1) is 4.88. The molecule has 0 N–H and O–H groups in total. The Morgan fingerprint density at radius 3 is 2.20 bits per heavy atom. The predicted molar refractivity (Wildman–Crippen MR) is 48.2 cm³/mol. The van der Waals surface area contributed by atoms with Crippen molar-refractivity contribution < 1.29 is 7.80 Å². The second-order valence-electron chi connectivity index (χ2n) is 2.69. The average Bonchev–Trinajstić information content (AvgIpc) is 2.04. The Hall–Kier alpha value is 0.650. The Morgan fingerprint density at radius 2 is 1.80 bits per heavy atom. The third-order valence-electron chi connectivity index (χ3n) is 2.06. The first-order valence-electron chi connectivity index (χ1n) is 3.68. The van der Waals surface area contributed by atoms with Gasteiger partial charge >= 0.3 is 0 Å². The summed E-state index contributed by atoms with van der Waals surface area (Å²) >= 11 is 1.97. The van der Waals surface area contributed by atoms with Gasteiger partial charge in [0.2, 0.25) is 0 Å². The van der Waals surface area contributed by atoms with Crippen LogP contribution in [0.15, 0.2) is 0 Å². The number of hydrogen-bond donors (Lipinski definition) is 0. The minimum Gasteiger partial charge on any atom is -0.379 e. The molecule has 0 heterocycles. The Morgan fingerprint density at radius 1 is 1.20 bits per heavy atom. The first kappa shape index (κ1) is 8.74. The fourth-order valence-corrected chi connectivity index (χ4v) is 2.02. The molecular formula is C7H13IO2. The van der Waals surface area contributed by atoms with Gasteiger partial charge in [-0.3, -0.25) is 0 Å². The Kier molecular flexibility index (Phi) is 3.95. The fraction of sp³-hybridized carbons (Fsp3) is 1.00. The monoisotopic (exact) mass is 256 g/mol. The summed E-state index contributed by atoms with van der Waals surface area (Å²) in [4.78, 5) is 0. The SMILES string of the molecule is CO[C@@H]1CCCC[C@H]1OI. The lowest BCUT2D eigenvalue weighted by atomic mass is 9.95. The summed E-state index contributed by atoms with van der Waals surface area (Å²) in [7, 11) is 1.76. The van der Waals surface area contributed by atoms with Crippen molar-refractivity contribution in [1.29, 1.82) is 0 Å². The first-order valence-corrected chi connectivity index (χ1v) is 4.56. The van der Waals surface area contributed by atoms with Crippen molar-refractivity contribution in [1.82, 2.24) is 0 Å². The Balaban J connectivity index is 2.34. The fourth-order valence-electron chi connectivity index (χ4n) is 1.43. The molecular weight excluding hydrogens is 243 g/mol. The second kappa shape index (κ2) is 4.51. The molecule has 0 aliphatic heterocycles. The van der Waals surface area contributed by atoms with Crippen molar-refractivity contribution in [2.24, 2.45) is 0 Å². The van der Waals surface area contributed by atoms with Crippen LogP contribution in [0.3, 0.4) is 0 Å². The zero-order chi connectivity index (χ0) is 7.40. The summed E-state index contributed by atoms with van der Waals surface area (Å²) in [5.74, 6) is 0. The zero-order valence-electron chi connectivity index (χ0n) is 6.18. The second-order valence-corrected chi connectivity index (χ2v) is 3.19. The van der Waals surface area contributed by atoms with Crippen LogP contribution < -0.4 is 0 Å². The van der Waals surface area contributed by atoms with Gasteiger partial charge in [0.1, 0.15) is 23.0 Å². The average molecular weight is 256 g/mol. The van der Waals surface area contributed by atoms with Gasteiger partial charge in [-0.25, -0.2) is 0 Å². The smallest absolute Gasteiger partial charge is 0.110 e. The molecule has 0 spiro atoms. The van der Waals surface area contributed by atoms with Crippen LogP contribution in [0.5, 0.6) is 0 Å². The molecule has 0 aromatic heterocycles. The van der Waals surface area contributed by atoms with E-state index in [0.29, 0.717) is 12.2 Å². The lowest BCUT2D eigenvalue weighted by Gasteiger charge is -2.27. The molecule has 0 unspecified atom stereocenters. The van der Waals surface area contributed by atoms with Crippen molar-refractivity contribution in [2.75, 3.05) is 7.11 Å². The standard InChI is InChI=1S/C7H13IO2/c1-9-6-4-2-3-5-7(6)10-8/h6-7H,2-5H2,1H3/t6-,7-/m1/s1. The van der Waals surface area contributed by atoms with Gasteiger partial charge in [0.25, 0.3) is 0 Å². The Labute approximate surface area is 76.0 Å². The summed E-state index contributed by atoms with van der Waals surface area (Å²) in [6, 6.07) is 0. The molecule has 1 rings (SSSR count). The van der Waals surface area contributed by atoms with E-state index < -0.39 is 0 Å². The molecule has 2 atom stereocenters. The summed E-state index contributed by atoms with van der Waals surface area (Å²) in [6.07, 6.45) is 5.55. The van der Waals surface area contributed by atoms with Gasteiger partial charge in [0.15, 0.2) is 0 Å². The van der Waals surface area contributed by atoms with Crippen LogP contribution in [0.4, 0.5) is 0 Å². The molecule has 0 bridgehead atoms. The minimum absolute atomic E-state index is 0.333. The van der Waals surface area contributed by atoms with E-state index in [1.54, 1.807) is 7.11 Å². The highest BCUT2D eigenvalue weighted by molar-refractivity contribution is 14.1. The van der Waals surface area contributed by atoms with Gasteiger partial charge in [-0.15, -0.1) is 0 Å². The van der Waals surface area contributed by atoms with E-state index in [1.165, 1.54) is 12.8 Å². The third kappa shape index (κ3) is 2.07. The van der Waals surface area contributed by atoms with E-state index in [0.717, 1.165) is 12.8 Å². The van der Waals surface area contributed by atoms with Crippen LogP contribution in [-0.2, 0) is 7.80 Å². The lowest BCUT2D eigenvalue weighted by molar-refractivity contribution is -0.00491. The Bertz CT molecular complexity index is 85.6. The molecule has 1 fully saturated rings. The molecule has 0 saturated heterocycles. The normalized spacial score (nSPS) is 34.2. The van der Waals surface area contributed by atoms with Crippen LogP contribution in [0.2, 0.25) is 0 Å². The highest BCUT2D eigenvalue weighted by atomic mass is 127. The molecule has 1 aliphatic rings. The maximum atomic E-state index is 5.26. The van der Waals surface area contributed by atoms with Gasteiger partial charge in [-0.1, -0.05) is 12.8 Å². The molecule has 60 valence electrons. The molecule has 3 heteroatoms. The largest absolute Gasteiger partial charge is 0.379 e. The van der Waals surface area contributed by atoms with Gasteiger partial charge in [-0.2, -0.15) is 0 Å². The molecule has 1 saturated carbocycles. The molecule has 10 heavy (non-hydrogen) atoms. The van der Waals surface area contributed by atoms with Gasteiger partial charge in [0, 0.05) is 7.11 Å². The molecule has 0 aromatic carbocycles. The van der Waals surface area contributed by atoms with Crippen molar-refractivity contribution in [3.05, 3.63) is 0 Å². The number of halogens is 1. The minimum atomic E-state index is 0.333. The topological polar surface area (TPSA) is 18.5 Å². The van der Waals surface area contributed by atoms with Crippen molar-refractivity contribution in [2.45, 2.75) is 37.9 Å². The molecule has 0 radical (unpaired) electrons.